The van der Waals surface area contributed by atoms with Crippen molar-refractivity contribution in [3.05, 3.63) is 12.0 Å². The molecule has 1 N–H and O–H groups in total. The van der Waals surface area contributed by atoms with E-state index in [0.29, 0.717) is 18.4 Å². The third-order valence-electron chi connectivity index (χ3n) is 3.34. The predicted octanol–water partition coefficient (Wildman–Crippen LogP) is 3.01. The van der Waals surface area contributed by atoms with E-state index >= 15 is 0 Å². The van der Waals surface area contributed by atoms with Crippen LogP contribution >= 0.6 is 0 Å². The maximum Gasteiger partial charge on any atom is 0.255 e. The molecular weight excluding hydrogens is 233 g/mol. The Hall–Kier alpha value is -1.39. The van der Waals surface area contributed by atoms with Crippen molar-refractivity contribution in [2.45, 2.75) is 45.6 Å². The van der Waals surface area contributed by atoms with Crippen LogP contribution < -0.4 is 10.1 Å². The van der Waals surface area contributed by atoms with Crippen molar-refractivity contribution in [1.29, 1.82) is 0 Å². The van der Waals surface area contributed by atoms with Crippen LogP contribution in [-0.2, 0) is 0 Å². The molecule has 1 saturated carbocycles. The van der Waals surface area contributed by atoms with Gasteiger partial charge >= 0.3 is 0 Å². The van der Waals surface area contributed by atoms with Gasteiger partial charge in [0.1, 0.15) is 6.10 Å². The van der Waals surface area contributed by atoms with Gasteiger partial charge in [-0.3, -0.25) is 0 Å². The van der Waals surface area contributed by atoms with Crippen LogP contribution in [0.25, 0.3) is 0 Å². The summed E-state index contributed by atoms with van der Waals surface area (Å²) in [7, 11) is 0. The molecule has 5 heteroatoms. The molecule has 1 aliphatic rings. The van der Waals surface area contributed by atoms with E-state index in [1.165, 1.54) is 6.42 Å². The molecule has 1 aromatic rings. The molecule has 1 aromatic heterocycles. The van der Waals surface area contributed by atoms with Gasteiger partial charge < -0.3 is 10.1 Å². The molecule has 18 heavy (non-hydrogen) atoms. The van der Waals surface area contributed by atoms with Crippen molar-refractivity contribution in [2.75, 3.05) is 11.9 Å². The van der Waals surface area contributed by atoms with E-state index in [9.17, 15) is 4.39 Å². The summed E-state index contributed by atoms with van der Waals surface area (Å²) in [5.74, 6) is 0.446. The summed E-state index contributed by atoms with van der Waals surface area (Å²) < 4.78 is 19.3. The molecular formula is C13H20FN3O. The van der Waals surface area contributed by atoms with E-state index in [1.54, 1.807) is 0 Å². The smallest absolute Gasteiger partial charge is 0.255 e. The molecule has 2 atom stereocenters. The Morgan fingerprint density at radius 1 is 1.44 bits per heavy atom. The summed E-state index contributed by atoms with van der Waals surface area (Å²) in [4.78, 5) is 7.93. The highest BCUT2D eigenvalue weighted by Crippen LogP contribution is 2.28. The summed E-state index contributed by atoms with van der Waals surface area (Å²) in [5.41, 5.74) is 0. The molecule has 0 aliphatic heterocycles. The first-order chi connectivity index (χ1) is 8.70. The van der Waals surface area contributed by atoms with Gasteiger partial charge in [-0.15, -0.1) is 0 Å². The van der Waals surface area contributed by atoms with E-state index in [-0.39, 0.29) is 12.0 Å². The van der Waals surface area contributed by atoms with Crippen LogP contribution in [0.15, 0.2) is 6.20 Å². The van der Waals surface area contributed by atoms with Gasteiger partial charge in [-0.2, -0.15) is 9.37 Å². The van der Waals surface area contributed by atoms with E-state index in [2.05, 4.69) is 22.2 Å². The number of hydrogen-bond acceptors (Lipinski definition) is 4. The molecule has 1 aliphatic carbocycles. The normalized spacial score (nSPS) is 23.7. The topological polar surface area (TPSA) is 47.0 Å². The highest BCUT2D eigenvalue weighted by atomic mass is 19.1. The first-order valence-electron chi connectivity index (χ1n) is 6.63. The van der Waals surface area contributed by atoms with E-state index < -0.39 is 5.82 Å². The van der Waals surface area contributed by atoms with Crippen molar-refractivity contribution in [3.8, 4) is 5.88 Å². The largest absolute Gasteiger partial charge is 0.472 e. The first kappa shape index (κ1) is 13.1. The van der Waals surface area contributed by atoms with Crippen molar-refractivity contribution < 1.29 is 9.13 Å². The predicted molar refractivity (Wildman–Crippen MR) is 68.2 cm³/mol. The second-order valence-electron chi connectivity index (χ2n) is 4.80. The summed E-state index contributed by atoms with van der Waals surface area (Å²) in [6, 6.07) is 0. The number of ether oxygens (including phenoxy) is 1. The lowest BCUT2D eigenvalue weighted by atomic mass is 9.88. The van der Waals surface area contributed by atoms with E-state index in [1.807, 2.05) is 6.92 Å². The van der Waals surface area contributed by atoms with Crippen LogP contribution in [0.3, 0.4) is 0 Å². The van der Waals surface area contributed by atoms with Gasteiger partial charge in [0.25, 0.3) is 5.88 Å². The van der Waals surface area contributed by atoms with Crippen LogP contribution in [0.2, 0.25) is 0 Å². The highest BCUT2D eigenvalue weighted by molar-refractivity contribution is 5.28. The zero-order valence-corrected chi connectivity index (χ0v) is 10.9. The molecule has 1 heterocycles. The number of anilines is 1. The summed E-state index contributed by atoms with van der Waals surface area (Å²) in [5, 5.41) is 2.95. The minimum atomic E-state index is -0.491. The first-order valence-corrected chi connectivity index (χ1v) is 6.63. The molecule has 0 amide bonds. The highest BCUT2D eigenvalue weighted by Gasteiger charge is 2.24. The van der Waals surface area contributed by atoms with Gasteiger partial charge in [-0.05, 0) is 32.1 Å². The second-order valence-corrected chi connectivity index (χ2v) is 4.80. The monoisotopic (exact) mass is 253 g/mol. The lowest BCUT2D eigenvalue weighted by molar-refractivity contribution is 0.0926. The van der Waals surface area contributed by atoms with Crippen molar-refractivity contribution in [3.63, 3.8) is 0 Å². The van der Waals surface area contributed by atoms with Crippen molar-refractivity contribution in [1.82, 2.24) is 9.97 Å². The van der Waals surface area contributed by atoms with Gasteiger partial charge in [0.2, 0.25) is 11.8 Å². The number of halogens is 1. The SMILES string of the molecule is CCNc1ncc(F)c(OC2CCCCC2C)n1. The van der Waals surface area contributed by atoms with Gasteiger partial charge in [0.05, 0.1) is 6.20 Å². The quantitative estimate of drug-likeness (QED) is 0.896. The molecule has 0 saturated heterocycles. The Kier molecular flexibility index (Phi) is 4.33. The molecule has 1 fully saturated rings. The average molecular weight is 253 g/mol. The second kappa shape index (κ2) is 5.98. The third-order valence-corrected chi connectivity index (χ3v) is 3.34. The fraction of sp³-hybridized carbons (Fsp3) is 0.692. The van der Waals surface area contributed by atoms with Crippen LogP contribution in [-0.4, -0.2) is 22.6 Å². The van der Waals surface area contributed by atoms with Crippen molar-refractivity contribution in [2.24, 2.45) is 5.92 Å². The maximum atomic E-state index is 13.6. The third kappa shape index (κ3) is 3.09. The van der Waals surface area contributed by atoms with Crippen molar-refractivity contribution >= 4 is 5.95 Å². The Bertz CT molecular complexity index is 400. The average Bonchev–Trinajstić information content (AvgIpc) is 2.36. The summed E-state index contributed by atoms with van der Waals surface area (Å²) in [6.07, 6.45) is 5.71. The lowest BCUT2D eigenvalue weighted by Gasteiger charge is -2.28. The number of aromatic nitrogens is 2. The van der Waals surface area contributed by atoms with E-state index in [4.69, 9.17) is 4.74 Å². The Morgan fingerprint density at radius 3 is 2.94 bits per heavy atom. The Balaban J connectivity index is 2.09. The van der Waals surface area contributed by atoms with Gasteiger partial charge in [0, 0.05) is 6.54 Å². The molecule has 0 aromatic carbocycles. The minimum absolute atomic E-state index is 0.0672. The Morgan fingerprint density at radius 2 is 2.22 bits per heavy atom. The lowest BCUT2D eigenvalue weighted by Crippen LogP contribution is -2.29. The van der Waals surface area contributed by atoms with E-state index in [0.717, 1.165) is 25.5 Å². The maximum absolute atomic E-state index is 13.6. The minimum Gasteiger partial charge on any atom is -0.472 e. The molecule has 100 valence electrons. The molecule has 4 nitrogen and oxygen atoms in total. The van der Waals surface area contributed by atoms with Crippen LogP contribution in [0, 0.1) is 11.7 Å². The zero-order valence-electron chi connectivity index (χ0n) is 10.9. The number of rotatable bonds is 4. The molecule has 2 unspecified atom stereocenters. The number of nitrogens with zero attached hydrogens (tertiary/aromatic N) is 2. The summed E-state index contributed by atoms with van der Waals surface area (Å²) in [6.45, 7) is 4.79. The molecule has 0 radical (unpaired) electrons. The fourth-order valence-electron chi connectivity index (χ4n) is 2.28. The Labute approximate surface area is 107 Å². The van der Waals surface area contributed by atoms with Gasteiger partial charge in [-0.1, -0.05) is 13.3 Å². The number of hydrogen-bond donors (Lipinski definition) is 1. The van der Waals surface area contributed by atoms with Gasteiger partial charge in [-0.25, -0.2) is 4.98 Å². The molecule has 0 bridgehead atoms. The molecule has 2 rings (SSSR count). The zero-order chi connectivity index (χ0) is 13.0. The summed E-state index contributed by atoms with van der Waals surface area (Å²) >= 11 is 0. The van der Waals surface area contributed by atoms with Crippen LogP contribution in [0.4, 0.5) is 10.3 Å². The fourth-order valence-corrected chi connectivity index (χ4v) is 2.28. The van der Waals surface area contributed by atoms with Crippen LogP contribution in [0.5, 0.6) is 5.88 Å². The number of nitrogens with one attached hydrogen (secondary N) is 1. The standard InChI is InChI=1S/C13H20FN3O/c1-3-15-13-16-8-10(14)12(17-13)18-11-7-5-4-6-9(11)2/h8-9,11H,3-7H2,1-2H3,(H,15,16,17). The van der Waals surface area contributed by atoms with Crippen LogP contribution in [0.1, 0.15) is 39.5 Å². The van der Waals surface area contributed by atoms with Gasteiger partial charge in [0.15, 0.2) is 0 Å². The molecule has 0 spiro atoms.